The molecule has 1 aromatic heterocycles. The molecule has 23 heavy (non-hydrogen) atoms. The first-order valence-electron chi connectivity index (χ1n) is 7.49. The number of carbonyl (C=O) groups is 1. The van der Waals surface area contributed by atoms with Gasteiger partial charge in [-0.3, -0.25) is 4.79 Å². The number of benzene rings is 2. The third kappa shape index (κ3) is 2.90. The smallest absolute Gasteiger partial charge is 0.231 e. The monoisotopic (exact) mass is 310 g/mol. The lowest BCUT2D eigenvalue weighted by Gasteiger charge is -2.09. The average Bonchev–Trinajstić information content (AvgIpc) is 2.93. The number of anilines is 1. The summed E-state index contributed by atoms with van der Waals surface area (Å²) >= 11 is 0. The molecule has 0 saturated carbocycles. The molecule has 0 aliphatic rings. The summed E-state index contributed by atoms with van der Waals surface area (Å²) in [6, 6.07) is 9.12. The fourth-order valence-electron chi connectivity index (χ4n) is 2.42. The standard InChI is InChI=1S/C18H18N2O3/c1-4-16(21)19-12-8-11(3)17(22)13(9-12)18-20-14-7-10(2)5-6-15(14)23-18/h5-9,22H,4H2,1-3H3,(H,19,21). The minimum Gasteiger partial charge on any atom is -0.507 e. The second kappa shape index (κ2) is 5.76. The summed E-state index contributed by atoms with van der Waals surface area (Å²) in [6.07, 6.45) is 0.386. The van der Waals surface area contributed by atoms with E-state index in [1.807, 2.05) is 25.1 Å². The molecule has 3 aromatic rings. The van der Waals surface area contributed by atoms with Gasteiger partial charge in [-0.25, -0.2) is 4.98 Å². The zero-order valence-electron chi connectivity index (χ0n) is 13.3. The highest BCUT2D eigenvalue weighted by atomic mass is 16.3. The minimum atomic E-state index is -0.0887. The molecule has 0 radical (unpaired) electrons. The number of oxazole rings is 1. The van der Waals surface area contributed by atoms with Crippen LogP contribution in [0.4, 0.5) is 5.69 Å². The van der Waals surface area contributed by atoms with Gasteiger partial charge in [0.25, 0.3) is 0 Å². The Balaban J connectivity index is 2.11. The van der Waals surface area contributed by atoms with E-state index in [-0.39, 0.29) is 11.7 Å². The van der Waals surface area contributed by atoms with Gasteiger partial charge in [-0.15, -0.1) is 0 Å². The van der Waals surface area contributed by atoms with E-state index in [9.17, 15) is 9.90 Å². The summed E-state index contributed by atoms with van der Waals surface area (Å²) in [5.41, 5.74) is 4.20. The van der Waals surface area contributed by atoms with Crippen molar-refractivity contribution >= 4 is 22.7 Å². The van der Waals surface area contributed by atoms with E-state index < -0.39 is 0 Å². The molecule has 2 aromatic carbocycles. The Morgan fingerprint density at radius 2 is 2.04 bits per heavy atom. The van der Waals surface area contributed by atoms with Crippen molar-refractivity contribution in [3.05, 3.63) is 41.5 Å². The molecule has 0 aliphatic carbocycles. The van der Waals surface area contributed by atoms with Crippen LogP contribution in [0.5, 0.6) is 5.75 Å². The van der Waals surface area contributed by atoms with Crippen LogP contribution in [-0.4, -0.2) is 16.0 Å². The summed E-state index contributed by atoms with van der Waals surface area (Å²) in [5.74, 6) is 0.343. The highest BCUT2D eigenvalue weighted by Gasteiger charge is 2.16. The van der Waals surface area contributed by atoms with E-state index in [1.54, 1.807) is 26.0 Å². The van der Waals surface area contributed by atoms with Crippen LogP contribution < -0.4 is 5.32 Å². The lowest BCUT2D eigenvalue weighted by atomic mass is 10.1. The Hall–Kier alpha value is -2.82. The maximum Gasteiger partial charge on any atom is 0.231 e. The maximum absolute atomic E-state index is 11.6. The molecule has 0 aliphatic heterocycles. The lowest BCUT2D eigenvalue weighted by molar-refractivity contribution is -0.115. The number of phenols is 1. The Morgan fingerprint density at radius 1 is 1.26 bits per heavy atom. The number of phenolic OH excluding ortho intramolecular Hbond substituents is 1. The Kier molecular flexibility index (Phi) is 3.78. The number of amides is 1. The number of hydrogen-bond acceptors (Lipinski definition) is 4. The first-order valence-corrected chi connectivity index (χ1v) is 7.49. The minimum absolute atomic E-state index is 0.0887. The van der Waals surface area contributed by atoms with E-state index in [1.165, 1.54) is 0 Å². The van der Waals surface area contributed by atoms with Gasteiger partial charge in [-0.05, 0) is 49.2 Å². The zero-order valence-corrected chi connectivity index (χ0v) is 13.3. The van der Waals surface area contributed by atoms with Crippen molar-refractivity contribution in [2.24, 2.45) is 0 Å². The number of fused-ring (bicyclic) bond motifs is 1. The molecular weight excluding hydrogens is 292 g/mol. The Labute approximate surface area is 134 Å². The fraction of sp³-hybridized carbons (Fsp3) is 0.222. The van der Waals surface area contributed by atoms with Gasteiger partial charge in [0.2, 0.25) is 11.8 Å². The van der Waals surface area contributed by atoms with Crippen LogP contribution in [0.1, 0.15) is 24.5 Å². The Morgan fingerprint density at radius 3 is 2.78 bits per heavy atom. The molecule has 118 valence electrons. The molecule has 1 amide bonds. The number of nitrogens with zero attached hydrogens (tertiary/aromatic N) is 1. The van der Waals surface area contributed by atoms with Crippen molar-refractivity contribution in [2.75, 3.05) is 5.32 Å². The highest BCUT2D eigenvalue weighted by molar-refractivity contribution is 5.92. The summed E-state index contributed by atoms with van der Waals surface area (Å²) < 4.78 is 5.75. The first kappa shape index (κ1) is 15.1. The third-order valence-electron chi connectivity index (χ3n) is 3.68. The quantitative estimate of drug-likeness (QED) is 0.712. The SMILES string of the molecule is CCC(=O)Nc1cc(C)c(O)c(-c2nc3cc(C)ccc3o2)c1. The van der Waals surface area contributed by atoms with Crippen molar-refractivity contribution in [3.8, 4) is 17.2 Å². The molecule has 0 unspecified atom stereocenters. The molecule has 0 fully saturated rings. The van der Waals surface area contributed by atoms with Crippen LogP contribution in [0.2, 0.25) is 0 Å². The van der Waals surface area contributed by atoms with Crippen molar-refractivity contribution in [1.82, 2.24) is 4.98 Å². The van der Waals surface area contributed by atoms with E-state index >= 15 is 0 Å². The largest absolute Gasteiger partial charge is 0.507 e. The molecule has 3 rings (SSSR count). The summed E-state index contributed by atoms with van der Waals surface area (Å²) in [4.78, 5) is 16.0. The van der Waals surface area contributed by atoms with E-state index in [2.05, 4.69) is 10.3 Å². The van der Waals surface area contributed by atoms with Gasteiger partial charge in [-0.2, -0.15) is 0 Å². The first-order chi connectivity index (χ1) is 11.0. The Bertz CT molecular complexity index is 897. The van der Waals surface area contributed by atoms with Crippen LogP contribution in [-0.2, 0) is 4.79 Å². The summed E-state index contributed by atoms with van der Waals surface area (Å²) in [5, 5.41) is 13.1. The van der Waals surface area contributed by atoms with Gasteiger partial charge < -0.3 is 14.8 Å². The van der Waals surface area contributed by atoms with Crippen molar-refractivity contribution in [3.63, 3.8) is 0 Å². The van der Waals surface area contributed by atoms with E-state index in [4.69, 9.17) is 4.42 Å². The van der Waals surface area contributed by atoms with Crippen LogP contribution in [0.3, 0.4) is 0 Å². The summed E-state index contributed by atoms with van der Waals surface area (Å²) in [7, 11) is 0. The van der Waals surface area contributed by atoms with Gasteiger partial charge in [0, 0.05) is 12.1 Å². The van der Waals surface area contributed by atoms with E-state index in [0.29, 0.717) is 34.7 Å². The third-order valence-corrected chi connectivity index (χ3v) is 3.68. The van der Waals surface area contributed by atoms with Crippen LogP contribution in [0.15, 0.2) is 34.7 Å². The van der Waals surface area contributed by atoms with Crippen LogP contribution in [0.25, 0.3) is 22.6 Å². The molecule has 0 spiro atoms. The number of rotatable bonds is 3. The van der Waals surface area contributed by atoms with Gasteiger partial charge in [0.05, 0.1) is 5.56 Å². The zero-order chi connectivity index (χ0) is 16.6. The molecule has 0 atom stereocenters. The number of carbonyl (C=O) groups excluding carboxylic acids is 1. The number of hydrogen-bond donors (Lipinski definition) is 2. The topological polar surface area (TPSA) is 75.4 Å². The number of aromatic nitrogens is 1. The number of nitrogens with one attached hydrogen (secondary N) is 1. The maximum atomic E-state index is 11.6. The molecule has 5 heteroatoms. The second-order valence-corrected chi connectivity index (χ2v) is 5.58. The molecule has 2 N–H and O–H groups in total. The lowest BCUT2D eigenvalue weighted by Crippen LogP contribution is -2.09. The van der Waals surface area contributed by atoms with Gasteiger partial charge in [0.15, 0.2) is 5.58 Å². The molecule has 1 heterocycles. The molecular formula is C18H18N2O3. The van der Waals surface area contributed by atoms with Gasteiger partial charge in [-0.1, -0.05) is 13.0 Å². The van der Waals surface area contributed by atoms with Gasteiger partial charge in [0.1, 0.15) is 11.3 Å². The molecule has 0 saturated heterocycles. The number of aromatic hydroxyl groups is 1. The highest BCUT2D eigenvalue weighted by Crippen LogP contribution is 2.36. The van der Waals surface area contributed by atoms with Crippen molar-refractivity contribution in [2.45, 2.75) is 27.2 Å². The normalized spacial score (nSPS) is 10.9. The molecule has 0 bridgehead atoms. The van der Waals surface area contributed by atoms with Crippen molar-refractivity contribution < 1.29 is 14.3 Å². The second-order valence-electron chi connectivity index (χ2n) is 5.58. The average molecular weight is 310 g/mol. The number of aryl methyl sites for hydroxylation is 2. The summed E-state index contributed by atoms with van der Waals surface area (Å²) in [6.45, 7) is 5.54. The van der Waals surface area contributed by atoms with Crippen molar-refractivity contribution in [1.29, 1.82) is 0 Å². The van der Waals surface area contributed by atoms with Crippen LogP contribution in [0, 0.1) is 13.8 Å². The van der Waals surface area contributed by atoms with E-state index in [0.717, 1.165) is 11.1 Å². The predicted molar refractivity (Wildman–Crippen MR) is 89.5 cm³/mol. The fourth-order valence-corrected chi connectivity index (χ4v) is 2.42. The predicted octanol–water partition coefficient (Wildman–Crippen LogP) is 4.17. The van der Waals surface area contributed by atoms with Gasteiger partial charge >= 0.3 is 0 Å². The molecule has 5 nitrogen and oxygen atoms in total. The van der Waals surface area contributed by atoms with Crippen LogP contribution >= 0.6 is 0 Å².